The molecule has 1 aliphatic rings. The van der Waals surface area contributed by atoms with Crippen molar-refractivity contribution in [2.24, 2.45) is 9.98 Å². The molecule has 0 radical (unpaired) electrons. The molecule has 2 unspecified atom stereocenters. The van der Waals surface area contributed by atoms with Crippen molar-refractivity contribution in [1.82, 2.24) is 0 Å². The highest BCUT2D eigenvalue weighted by Crippen LogP contribution is 2.29. The molecule has 1 fully saturated rings. The van der Waals surface area contributed by atoms with Gasteiger partial charge in [0.15, 0.2) is 0 Å². The van der Waals surface area contributed by atoms with Crippen molar-refractivity contribution in [1.29, 1.82) is 0 Å². The molecular formula is C28H38N2O2. The number of hydrogen-bond acceptors (Lipinski definition) is 4. The van der Waals surface area contributed by atoms with Gasteiger partial charge in [-0.3, -0.25) is 9.98 Å². The number of phenolic OH excluding ortho intramolecular Hbond substituents is 2. The molecule has 0 amide bonds. The molecule has 4 heteroatoms. The largest absolute Gasteiger partial charge is 0.507 e. The number of hydrogen-bond donors (Lipinski definition) is 2. The quantitative estimate of drug-likeness (QED) is 0.490. The molecule has 2 atom stereocenters. The molecule has 0 aliphatic heterocycles. The second kappa shape index (κ2) is 10.3. The minimum absolute atomic E-state index is 0.200. The molecule has 4 nitrogen and oxygen atoms in total. The zero-order chi connectivity index (χ0) is 23.4. The van der Waals surface area contributed by atoms with Gasteiger partial charge in [0, 0.05) is 23.6 Å². The summed E-state index contributed by atoms with van der Waals surface area (Å²) in [5.41, 5.74) is 5.80. The fourth-order valence-electron chi connectivity index (χ4n) is 4.32. The molecule has 172 valence electrons. The fourth-order valence-corrected chi connectivity index (χ4v) is 4.32. The molecular weight excluding hydrogens is 396 g/mol. The monoisotopic (exact) mass is 434 g/mol. The molecule has 32 heavy (non-hydrogen) atoms. The van der Waals surface area contributed by atoms with Crippen molar-refractivity contribution < 1.29 is 10.2 Å². The minimum atomic E-state index is 0.200. The lowest BCUT2D eigenvalue weighted by molar-refractivity contribution is 0.397. The van der Waals surface area contributed by atoms with E-state index in [0.29, 0.717) is 23.3 Å². The molecule has 2 aromatic carbocycles. The maximum atomic E-state index is 10.5. The van der Waals surface area contributed by atoms with Gasteiger partial charge in [0.05, 0.1) is 12.1 Å². The van der Waals surface area contributed by atoms with E-state index in [9.17, 15) is 10.2 Å². The van der Waals surface area contributed by atoms with E-state index >= 15 is 0 Å². The Balaban J connectivity index is 1.73. The van der Waals surface area contributed by atoms with Gasteiger partial charge in [-0.1, -0.05) is 39.8 Å². The Hall–Kier alpha value is -2.62. The Morgan fingerprint density at radius 3 is 1.53 bits per heavy atom. The van der Waals surface area contributed by atoms with Gasteiger partial charge >= 0.3 is 0 Å². The predicted octanol–water partition coefficient (Wildman–Crippen LogP) is 6.81. The summed E-state index contributed by atoms with van der Waals surface area (Å²) in [6.45, 7) is 12.5. The summed E-state index contributed by atoms with van der Waals surface area (Å²) in [4.78, 5) is 9.64. The maximum Gasteiger partial charge on any atom is 0.127 e. The van der Waals surface area contributed by atoms with Gasteiger partial charge in [-0.25, -0.2) is 0 Å². The summed E-state index contributed by atoms with van der Waals surface area (Å²) < 4.78 is 0. The van der Waals surface area contributed by atoms with Crippen molar-refractivity contribution in [3.8, 4) is 11.5 Å². The summed E-state index contributed by atoms with van der Waals surface area (Å²) in [7, 11) is 0. The van der Waals surface area contributed by atoms with E-state index in [1.807, 2.05) is 50.5 Å². The van der Waals surface area contributed by atoms with Gasteiger partial charge in [-0.15, -0.1) is 0 Å². The van der Waals surface area contributed by atoms with Crippen LogP contribution in [0.15, 0.2) is 34.3 Å². The molecule has 2 N–H and O–H groups in total. The van der Waals surface area contributed by atoms with Crippen LogP contribution in [0, 0.1) is 13.8 Å². The maximum absolute atomic E-state index is 10.5. The van der Waals surface area contributed by atoms with E-state index in [1.165, 1.54) is 11.1 Å². The van der Waals surface area contributed by atoms with Crippen LogP contribution in [0.1, 0.15) is 98.6 Å². The minimum Gasteiger partial charge on any atom is -0.507 e. The molecule has 1 saturated carbocycles. The number of aromatic hydroxyl groups is 2. The molecule has 2 aromatic rings. The van der Waals surface area contributed by atoms with Gasteiger partial charge in [0.25, 0.3) is 0 Å². The zero-order valence-electron chi connectivity index (χ0n) is 20.4. The van der Waals surface area contributed by atoms with E-state index in [0.717, 1.165) is 47.9 Å². The fraction of sp³-hybridized carbons (Fsp3) is 0.500. The van der Waals surface area contributed by atoms with Gasteiger partial charge in [0.1, 0.15) is 11.5 Å². The first-order valence-electron chi connectivity index (χ1n) is 11.9. The van der Waals surface area contributed by atoms with Gasteiger partial charge in [0.2, 0.25) is 0 Å². The highest BCUT2D eigenvalue weighted by Gasteiger charge is 2.21. The van der Waals surface area contributed by atoms with Crippen LogP contribution < -0.4 is 0 Å². The van der Waals surface area contributed by atoms with Crippen LogP contribution in [-0.4, -0.2) is 34.7 Å². The van der Waals surface area contributed by atoms with E-state index in [-0.39, 0.29) is 12.1 Å². The van der Waals surface area contributed by atoms with Crippen molar-refractivity contribution in [3.05, 3.63) is 57.6 Å². The van der Waals surface area contributed by atoms with Crippen LogP contribution in [0.4, 0.5) is 0 Å². The Bertz CT molecular complexity index is 925. The first-order chi connectivity index (χ1) is 15.2. The molecule has 3 rings (SSSR count). The number of nitrogens with zero attached hydrogens (tertiary/aromatic N) is 2. The Kier molecular flexibility index (Phi) is 7.76. The highest BCUT2D eigenvalue weighted by molar-refractivity contribution is 5.85. The lowest BCUT2D eigenvalue weighted by Crippen LogP contribution is -2.21. The number of phenols is 2. The van der Waals surface area contributed by atoms with Crippen LogP contribution in [0.2, 0.25) is 0 Å². The van der Waals surface area contributed by atoms with E-state index in [1.54, 1.807) is 0 Å². The van der Waals surface area contributed by atoms with Crippen LogP contribution in [0.25, 0.3) is 0 Å². The van der Waals surface area contributed by atoms with E-state index in [4.69, 9.17) is 9.98 Å². The van der Waals surface area contributed by atoms with Crippen molar-refractivity contribution >= 4 is 12.4 Å². The Morgan fingerprint density at radius 1 is 0.750 bits per heavy atom. The average Bonchev–Trinajstić information content (AvgIpc) is 2.75. The molecule has 1 aliphatic carbocycles. The molecule has 0 saturated heterocycles. The first-order valence-corrected chi connectivity index (χ1v) is 11.9. The highest BCUT2D eigenvalue weighted by atomic mass is 16.3. The second-order valence-electron chi connectivity index (χ2n) is 9.89. The normalized spacial score (nSPS) is 19.6. The summed E-state index contributed by atoms with van der Waals surface area (Å²) in [5, 5.41) is 20.9. The van der Waals surface area contributed by atoms with Crippen molar-refractivity contribution in [2.45, 2.75) is 91.1 Å². The van der Waals surface area contributed by atoms with E-state index in [2.05, 4.69) is 27.7 Å². The SMILES string of the molecule is Cc1cc(C(C)C)cc(C=NC2CCCC(N=Cc3cc(C(C)C)cc(C)c3O)C2)c1O. The van der Waals surface area contributed by atoms with Crippen LogP contribution in [0.5, 0.6) is 11.5 Å². The summed E-state index contributed by atoms with van der Waals surface area (Å²) >= 11 is 0. The average molecular weight is 435 g/mol. The third-order valence-corrected chi connectivity index (χ3v) is 6.51. The molecule has 0 spiro atoms. The summed E-state index contributed by atoms with van der Waals surface area (Å²) in [6.07, 6.45) is 7.73. The Labute approximate surface area is 193 Å². The smallest absolute Gasteiger partial charge is 0.127 e. The standard InChI is InChI=1S/C28H38N2O2/c1-17(2)21-10-19(5)27(31)23(12-21)15-29-25-8-7-9-26(14-25)30-16-24-13-22(18(3)4)11-20(6)28(24)32/h10-13,15-18,25-26,31-32H,7-9,14H2,1-6H3. The van der Waals surface area contributed by atoms with E-state index < -0.39 is 0 Å². The lowest BCUT2D eigenvalue weighted by Gasteiger charge is -2.24. The van der Waals surface area contributed by atoms with Crippen molar-refractivity contribution in [2.75, 3.05) is 0 Å². The predicted molar refractivity (Wildman–Crippen MR) is 135 cm³/mol. The van der Waals surface area contributed by atoms with Crippen LogP contribution in [-0.2, 0) is 0 Å². The van der Waals surface area contributed by atoms with Gasteiger partial charge < -0.3 is 10.2 Å². The Morgan fingerprint density at radius 2 is 1.16 bits per heavy atom. The number of benzene rings is 2. The van der Waals surface area contributed by atoms with Crippen LogP contribution >= 0.6 is 0 Å². The third kappa shape index (κ3) is 5.79. The van der Waals surface area contributed by atoms with Crippen LogP contribution in [0.3, 0.4) is 0 Å². The second-order valence-corrected chi connectivity index (χ2v) is 9.89. The summed E-state index contributed by atoms with van der Waals surface area (Å²) in [6, 6.07) is 8.59. The first kappa shape index (κ1) is 24.0. The number of aliphatic imine (C=N–C) groups is 2. The van der Waals surface area contributed by atoms with Gasteiger partial charge in [-0.05, 0) is 85.8 Å². The molecule has 0 aromatic heterocycles. The zero-order valence-corrected chi connectivity index (χ0v) is 20.4. The topological polar surface area (TPSA) is 65.2 Å². The number of aryl methyl sites for hydroxylation is 2. The lowest BCUT2D eigenvalue weighted by atomic mass is 9.91. The molecule has 0 heterocycles. The summed E-state index contributed by atoms with van der Waals surface area (Å²) in [5.74, 6) is 1.45. The number of rotatable bonds is 6. The van der Waals surface area contributed by atoms with Crippen molar-refractivity contribution in [3.63, 3.8) is 0 Å². The third-order valence-electron chi connectivity index (χ3n) is 6.51. The molecule has 0 bridgehead atoms. The van der Waals surface area contributed by atoms with Gasteiger partial charge in [-0.2, -0.15) is 0 Å².